The number of nitrogens with one attached hydrogen (secondary N) is 3. The van der Waals surface area contributed by atoms with Crippen LogP contribution in [-0.2, 0) is 25.5 Å². The summed E-state index contributed by atoms with van der Waals surface area (Å²) >= 11 is 0. The van der Waals surface area contributed by atoms with Gasteiger partial charge in [-0.2, -0.15) is 0 Å². The third kappa shape index (κ3) is 5.89. The zero-order valence-corrected chi connectivity index (χ0v) is 18.3. The second-order valence-corrected chi connectivity index (χ2v) is 9.00. The Labute approximate surface area is 186 Å². The van der Waals surface area contributed by atoms with Crippen LogP contribution in [0.4, 0.5) is 4.79 Å². The van der Waals surface area contributed by atoms with Crippen molar-refractivity contribution in [3.05, 3.63) is 29.8 Å². The molecule has 32 heavy (non-hydrogen) atoms. The lowest BCUT2D eigenvalue weighted by molar-refractivity contribution is -0.143. The van der Waals surface area contributed by atoms with Crippen molar-refractivity contribution >= 4 is 23.9 Å². The van der Waals surface area contributed by atoms with Crippen LogP contribution >= 0.6 is 0 Å². The largest absolute Gasteiger partial charge is 0.487 e. The Morgan fingerprint density at radius 2 is 1.97 bits per heavy atom. The SMILES string of the molecule is CC(C)(C)OC(=O)NC(C(=O)NC(CC1CCNC1=O)C(=O)O)C1Cc2ccccc2O1. The van der Waals surface area contributed by atoms with Gasteiger partial charge in [-0.1, -0.05) is 18.2 Å². The summed E-state index contributed by atoms with van der Waals surface area (Å²) in [5.41, 5.74) is 0.0861. The smallest absolute Gasteiger partial charge is 0.408 e. The third-order valence-electron chi connectivity index (χ3n) is 5.30. The Bertz CT molecular complexity index is 871. The number of carbonyl (C=O) groups excluding carboxylic acids is 3. The average Bonchev–Trinajstić information content (AvgIpc) is 3.29. The van der Waals surface area contributed by atoms with Crippen LogP contribution in [0.25, 0.3) is 0 Å². The number of fused-ring (bicyclic) bond motifs is 1. The van der Waals surface area contributed by atoms with Crippen molar-refractivity contribution in [2.45, 2.75) is 63.8 Å². The van der Waals surface area contributed by atoms with Crippen LogP contribution in [0, 0.1) is 5.92 Å². The van der Waals surface area contributed by atoms with Crippen LogP contribution in [0.15, 0.2) is 24.3 Å². The normalized spacial score (nSPS) is 21.5. The molecule has 2 heterocycles. The predicted molar refractivity (Wildman–Crippen MR) is 113 cm³/mol. The number of ether oxygens (including phenoxy) is 2. The molecule has 10 heteroatoms. The highest BCUT2D eigenvalue weighted by atomic mass is 16.6. The number of aliphatic carboxylic acids is 1. The topological polar surface area (TPSA) is 143 Å². The van der Waals surface area contributed by atoms with Gasteiger partial charge in [-0.3, -0.25) is 9.59 Å². The van der Waals surface area contributed by atoms with Crippen LogP contribution in [0.2, 0.25) is 0 Å². The van der Waals surface area contributed by atoms with Crippen LogP contribution in [-0.4, -0.2) is 59.3 Å². The van der Waals surface area contributed by atoms with Gasteiger partial charge in [0.2, 0.25) is 11.8 Å². The molecular weight excluding hydrogens is 418 g/mol. The molecule has 1 fully saturated rings. The van der Waals surface area contributed by atoms with Gasteiger partial charge in [0.15, 0.2) is 0 Å². The Morgan fingerprint density at radius 1 is 1.25 bits per heavy atom. The molecular formula is C22H29N3O7. The minimum absolute atomic E-state index is 0.0438. The lowest BCUT2D eigenvalue weighted by atomic mass is 9.97. The van der Waals surface area contributed by atoms with E-state index >= 15 is 0 Å². The maximum absolute atomic E-state index is 13.1. The molecule has 2 aliphatic rings. The number of carboxylic acid groups (broad SMARTS) is 1. The van der Waals surface area contributed by atoms with E-state index in [1.54, 1.807) is 32.9 Å². The Balaban J connectivity index is 1.75. The number of carbonyl (C=O) groups is 4. The van der Waals surface area contributed by atoms with Crippen molar-refractivity contribution in [1.82, 2.24) is 16.0 Å². The molecule has 0 radical (unpaired) electrons. The molecule has 3 amide bonds. The van der Waals surface area contributed by atoms with E-state index in [-0.39, 0.29) is 12.3 Å². The minimum atomic E-state index is -1.29. The Kier molecular flexibility index (Phi) is 6.90. The summed E-state index contributed by atoms with van der Waals surface area (Å²) in [4.78, 5) is 49.2. The van der Waals surface area contributed by atoms with Crippen molar-refractivity contribution in [2.24, 2.45) is 5.92 Å². The molecule has 2 aliphatic heterocycles. The maximum Gasteiger partial charge on any atom is 0.408 e. The lowest BCUT2D eigenvalue weighted by Crippen LogP contribution is -2.58. The number of amides is 3. The highest BCUT2D eigenvalue weighted by molar-refractivity contribution is 5.90. The molecule has 4 atom stereocenters. The molecule has 1 aromatic carbocycles. The van der Waals surface area contributed by atoms with E-state index in [0.717, 1.165) is 5.56 Å². The highest BCUT2D eigenvalue weighted by Gasteiger charge is 2.39. The molecule has 10 nitrogen and oxygen atoms in total. The summed E-state index contributed by atoms with van der Waals surface area (Å²) in [5, 5.41) is 17.3. The number of rotatable bonds is 7. The zero-order valence-electron chi connectivity index (χ0n) is 18.3. The van der Waals surface area contributed by atoms with Gasteiger partial charge in [0.05, 0.1) is 0 Å². The summed E-state index contributed by atoms with van der Waals surface area (Å²) < 4.78 is 11.1. The molecule has 4 N–H and O–H groups in total. The fourth-order valence-electron chi connectivity index (χ4n) is 3.79. The van der Waals surface area contributed by atoms with Gasteiger partial charge in [0, 0.05) is 18.9 Å². The average molecular weight is 447 g/mol. The number of alkyl carbamates (subject to hydrolysis) is 1. The summed E-state index contributed by atoms with van der Waals surface area (Å²) in [6, 6.07) is 4.77. The fraction of sp³-hybridized carbons (Fsp3) is 0.545. The van der Waals surface area contributed by atoms with Crippen LogP contribution in [0.1, 0.15) is 39.2 Å². The fourth-order valence-corrected chi connectivity index (χ4v) is 3.79. The van der Waals surface area contributed by atoms with E-state index in [1.165, 1.54) is 0 Å². The summed E-state index contributed by atoms with van der Waals surface area (Å²) in [7, 11) is 0. The molecule has 4 unspecified atom stereocenters. The van der Waals surface area contributed by atoms with Crippen molar-refractivity contribution < 1.29 is 33.8 Å². The van der Waals surface area contributed by atoms with E-state index in [4.69, 9.17) is 9.47 Å². The van der Waals surface area contributed by atoms with Crippen LogP contribution < -0.4 is 20.7 Å². The molecule has 1 saturated heterocycles. The first-order valence-corrected chi connectivity index (χ1v) is 10.6. The van der Waals surface area contributed by atoms with Crippen molar-refractivity contribution in [3.8, 4) is 5.75 Å². The zero-order chi connectivity index (χ0) is 23.5. The molecule has 0 saturated carbocycles. The molecule has 174 valence electrons. The second kappa shape index (κ2) is 9.46. The molecule has 0 aliphatic carbocycles. The Morgan fingerprint density at radius 3 is 2.56 bits per heavy atom. The van der Waals surface area contributed by atoms with Crippen molar-refractivity contribution in [1.29, 1.82) is 0 Å². The number of carboxylic acids is 1. The third-order valence-corrected chi connectivity index (χ3v) is 5.30. The van der Waals surface area contributed by atoms with Crippen LogP contribution in [0.5, 0.6) is 5.75 Å². The molecule has 0 aromatic heterocycles. The molecule has 0 bridgehead atoms. The van der Waals surface area contributed by atoms with E-state index in [9.17, 15) is 24.3 Å². The summed E-state index contributed by atoms with van der Waals surface area (Å²) in [6.07, 6.45) is -0.757. The van der Waals surface area contributed by atoms with Gasteiger partial charge in [-0.15, -0.1) is 0 Å². The molecule has 1 aromatic rings. The maximum atomic E-state index is 13.1. The van der Waals surface area contributed by atoms with Gasteiger partial charge < -0.3 is 30.5 Å². The molecule has 3 rings (SSSR count). The minimum Gasteiger partial charge on any atom is -0.487 e. The quantitative estimate of drug-likeness (QED) is 0.488. The highest BCUT2D eigenvalue weighted by Crippen LogP contribution is 2.30. The number of benzene rings is 1. The lowest BCUT2D eigenvalue weighted by Gasteiger charge is -2.27. The standard InChI is InChI=1S/C22H29N3O7/c1-22(2,3)32-21(30)25-17(16-11-12-6-4-5-7-15(12)31-16)19(27)24-14(20(28)29)10-13-8-9-23-18(13)26/h4-7,13-14,16-17H,8-11H2,1-3H3,(H,23,26)(H,24,27)(H,25,30)(H,28,29). The monoisotopic (exact) mass is 447 g/mol. The summed E-state index contributed by atoms with van der Waals surface area (Å²) in [6.45, 7) is 5.55. The number of hydrogen-bond acceptors (Lipinski definition) is 6. The van der Waals surface area contributed by atoms with Gasteiger partial charge >= 0.3 is 12.1 Å². The Hall–Kier alpha value is -3.30. The second-order valence-electron chi connectivity index (χ2n) is 9.00. The first kappa shape index (κ1) is 23.4. The number of hydrogen-bond donors (Lipinski definition) is 4. The van der Waals surface area contributed by atoms with Crippen molar-refractivity contribution in [2.75, 3.05) is 6.54 Å². The van der Waals surface area contributed by atoms with E-state index < -0.39 is 47.7 Å². The van der Waals surface area contributed by atoms with Gasteiger partial charge in [-0.25, -0.2) is 9.59 Å². The van der Waals surface area contributed by atoms with Gasteiger partial charge in [0.25, 0.3) is 0 Å². The van der Waals surface area contributed by atoms with Crippen LogP contribution in [0.3, 0.4) is 0 Å². The van der Waals surface area contributed by atoms with E-state index in [0.29, 0.717) is 25.1 Å². The van der Waals surface area contributed by atoms with E-state index in [1.807, 2.05) is 12.1 Å². The first-order chi connectivity index (χ1) is 15.0. The summed E-state index contributed by atoms with van der Waals surface area (Å²) in [5.74, 6) is -2.12. The predicted octanol–water partition coefficient (Wildman–Crippen LogP) is 0.979. The first-order valence-electron chi connectivity index (χ1n) is 10.6. The number of para-hydroxylation sites is 1. The van der Waals surface area contributed by atoms with Gasteiger partial charge in [-0.05, 0) is 45.2 Å². The van der Waals surface area contributed by atoms with Gasteiger partial charge in [0.1, 0.15) is 29.5 Å². The van der Waals surface area contributed by atoms with Crippen molar-refractivity contribution in [3.63, 3.8) is 0 Å². The van der Waals surface area contributed by atoms with E-state index in [2.05, 4.69) is 16.0 Å². The molecule has 0 spiro atoms.